The molecule has 7 heteroatoms. The summed E-state index contributed by atoms with van der Waals surface area (Å²) in [5.74, 6) is 0. The van der Waals surface area contributed by atoms with E-state index in [1.54, 1.807) is 0 Å². The van der Waals surface area contributed by atoms with Crippen LogP contribution in [0.4, 0.5) is 5.69 Å². The summed E-state index contributed by atoms with van der Waals surface area (Å²) in [5, 5.41) is 2.94. The Morgan fingerprint density at radius 3 is 2.58 bits per heavy atom. The van der Waals surface area contributed by atoms with Gasteiger partial charge in [0.15, 0.2) is 0 Å². The molecule has 140 valence electrons. The number of nitrogens with zero attached hydrogens (tertiary/aromatic N) is 2. The van der Waals surface area contributed by atoms with Crippen molar-refractivity contribution >= 4 is 15.7 Å². The summed E-state index contributed by atoms with van der Waals surface area (Å²) in [6.07, 6.45) is 5.19. The number of benzene rings is 1. The first-order valence-electron chi connectivity index (χ1n) is 8.87. The van der Waals surface area contributed by atoms with Crippen LogP contribution in [0.15, 0.2) is 42.7 Å². The molecular weight excluding hydrogens is 348 g/mol. The minimum absolute atomic E-state index is 0.222. The molecule has 0 saturated heterocycles. The monoisotopic (exact) mass is 374 g/mol. The number of likely N-dealkylation sites (N-methyl/N-ethyl adjacent to an activating group) is 2. The molecule has 1 aliphatic carbocycles. The fourth-order valence-corrected chi connectivity index (χ4v) is 4.23. The molecular formula is C19H26N4O2S. The van der Waals surface area contributed by atoms with Crippen molar-refractivity contribution < 1.29 is 8.42 Å². The number of hydrogen-bond donors (Lipinski definition) is 2. The minimum atomic E-state index is -3.23. The number of hydrogen-bond acceptors (Lipinski definition) is 5. The van der Waals surface area contributed by atoms with Crippen LogP contribution in [0.3, 0.4) is 0 Å². The first-order valence-corrected chi connectivity index (χ1v) is 10.4. The van der Waals surface area contributed by atoms with Gasteiger partial charge in [-0.2, -0.15) is 0 Å². The largest absolute Gasteiger partial charge is 0.318 e. The van der Waals surface area contributed by atoms with E-state index in [0.29, 0.717) is 5.69 Å². The molecule has 2 N–H and O–H groups in total. The highest BCUT2D eigenvalue weighted by atomic mass is 32.2. The first kappa shape index (κ1) is 18.8. The predicted molar refractivity (Wildman–Crippen MR) is 105 cm³/mol. The summed E-state index contributed by atoms with van der Waals surface area (Å²) in [4.78, 5) is 6.52. The fraction of sp³-hybridized carbons (Fsp3) is 0.421. The van der Waals surface area contributed by atoms with Gasteiger partial charge in [-0.25, -0.2) is 8.42 Å². The van der Waals surface area contributed by atoms with E-state index < -0.39 is 10.0 Å². The van der Waals surface area contributed by atoms with Crippen LogP contribution in [0.5, 0.6) is 0 Å². The van der Waals surface area contributed by atoms with Crippen molar-refractivity contribution in [2.45, 2.75) is 24.6 Å². The van der Waals surface area contributed by atoms with E-state index in [2.05, 4.69) is 27.0 Å². The van der Waals surface area contributed by atoms with Crippen molar-refractivity contribution in [2.75, 3.05) is 31.9 Å². The van der Waals surface area contributed by atoms with Crippen molar-refractivity contribution in [3.05, 3.63) is 48.3 Å². The Morgan fingerprint density at radius 1 is 1.19 bits per heavy atom. The second-order valence-electron chi connectivity index (χ2n) is 6.80. The van der Waals surface area contributed by atoms with Gasteiger partial charge in [0.1, 0.15) is 0 Å². The number of anilines is 1. The second kappa shape index (κ2) is 8.16. The van der Waals surface area contributed by atoms with Gasteiger partial charge < -0.3 is 10.2 Å². The van der Waals surface area contributed by atoms with Crippen molar-refractivity contribution in [1.29, 1.82) is 0 Å². The zero-order chi connectivity index (χ0) is 18.6. The first-order chi connectivity index (χ1) is 12.5. The molecule has 0 unspecified atom stereocenters. The lowest BCUT2D eigenvalue weighted by molar-refractivity contribution is 0.328. The van der Waals surface area contributed by atoms with Gasteiger partial charge in [-0.3, -0.25) is 9.71 Å². The van der Waals surface area contributed by atoms with Gasteiger partial charge in [-0.15, -0.1) is 0 Å². The summed E-state index contributed by atoms with van der Waals surface area (Å²) in [5.41, 5.74) is 3.91. The van der Waals surface area contributed by atoms with Gasteiger partial charge in [0, 0.05) is 43.3 Å². The standard InChI is InChI=1S/C19H26N4O2S/c1-20-11-12-23(2)14-16-9-10-21-13-19(16)15-3-5-17(6-4-15)22-26(24,25)18-7-8-18/h3-6,9-10,13,18,20,22H,7-8,11-12,14H2,1-2H3. The maximum absolute atomic E-state index is 12.0. The van der Waals surface area contributed by atoms with Crippen molar-refractivity contribution in [3.63, 3.8) is 0 Å². The Bertz CT molecular complexity index is 833. The second-order valence-corrected chi connectivity index (χ2v) is 8.76. The quantitative estimate of drug-likeness (QED) is 0.705. The molecule has 0 atom stereocenters. The minimum Gasteiger partial charge on any atom is -0.318 e. The highest BCUT2D eigenvalue weighted by molar-refractivity contribution is 7.93. The number of rotatable bonds is 9. The van der Waals surface area contributed by atoms with Crippen LogP contribution in [0, 0.1) is 0 Å². The third-order valence-electron chi connectivity index (χ3n) is 4.51. The highest BCUT2D eigenvalue weighted by Crippen LogP contribution is 2.30. The normalized spacial score (nSPS) is 14.6. The smallest absolute Gasteiger partial charge is 0.235 e. The molecule has 0 bridgehead atoms. The van der Waals surface area contributed by atoms with Crippen LogP contribution < -0.4 is 10.0 Å². The lowest BCUT2D eigenvalue weighted by atomic mass is 10.0. The topological polar surface area (TPSA) is 74.3 Å². The van der Waals surface area contributed by atoms with Gasteiger partial charge >= 0.3 is 0 Å². The third-order valence-corrected chi connectivity index (χ3v) is 6.38. The van der Waals surface area contributed by atoms with E-state index in [1.165, 1.54) is 5.56 Å². The van der Waals surface area contributed by atoms with Gasteiger partial charge in [0.2, 0.25) is 10.0 Å². The lowest BCUT2D eigenvalue weighted by Crippen LogP contribution is -2.27. The van der Waals surface area contributed by atoms with Gasteiger partial charge in [-0.05, 0) is 56.3 Å². The van der Waals surface area contributed by atoms with Crippen LogP contribution in [-0.4, -0.2) is 50.7 Å². The molecule has 2 aromatic rings. The van der Waals surface area contributed by atoms with Crippen molar-refractivity contribution in [2.24, 2.45) is 0 Å². The van der Waals surface area contributed by atoms with Gasteiger partial charge in [0.05, 0.1) is 5.25 Å². The van der Waals surface area contributed by atoms with E-state index in [0.717, 1.165) is 43.6 Å². The maximum Gasteiger partial charge on any atom is 0.235 e. The Labute approximate surface area is 155 Å². The van der Waals surface area contributed by atoms with E-state index >= 15 is 0 Å². The molecule has 6 nitrogen and oxygen atoms in total. The third kappa shape index (κ3) is 4.81. The molecule has 0 radical (unpaired) electrons. The molecule has 1 heterocycles. The molecule has 0 amide bonds. The van der Waals surface area contributed by atoms with E-state index in [9.17, 15) is 8.42 Å². The maximum atomic E-state index is 12.0. The Balaban J connectivity index is 1.74. The molecule has 0 spiro atoms. The molecule has 1 saturated carbocycles. The molecule has 26 heavy (non-hydrogen) atoms. The lowest BCUT2D eigenvalue weighted by Gasteiger charge is -2.18. The molecule has 1 aromatic carbocycles. The molecule has 1 fully saturated rings. The number of aromatic nitrogens is 1. The molecule has 1 aromatic heterocycles. The van der Waals surface area contributed by atoms with Crippen LogP contribution in [-0.2, 0) is 16.6 Å². The molecule has 3 rings (SSSR count). The summed E-state index contributed by atoms with van der Waals surface area (Å²) < 4.78 is 26.8. The van der Waals surface area contributed by atoms with E-state index in [-0.39, 0.29) is 5.25 Å². The van der Waals surface area contributed by atoms with E-state index in [4.69, 9.17) is 0 Å². The molecule has 0 aliphatic heterocycles. The zero-order valence-corrected chi connectivity index (χ0v) is 16.1. The number of nitrogens with one attached hydrogen (secondary N) is 2. The van der Waals surface area contributed by atoms with Gasteiger partial charge in [0.25, 0.3) is 0 Å². The Kier molecular flexibility index (Phi) is 5.90. The average molecular weight is 375 g/mol. The van der Waals surface area contributed by atoms with E-state index in [1.807, 2.05) is 49.8 Å². The summed E-state index contributed by atoms with van der Waals surface area (Å²) in [6, 6.07) is 9.56. The van der Waals surface area contributed by atoms with Gasteiger partial charge in [-0.1, -0.05) is 12.1 Å². The predicted octanol–water partition coefficient (Wildman–Crippen LogP) is 2.30. The fourth-order valence-electron chi connectivity index (χ4n) is 2.84. The summed E-state index contributed by atoms with van der Waals surface area (Å²) >= 11 is 0. The number of sulfonamides is 1. The average Bonchev–Trinajstić information content (AvgIpc) is 3.47. The summed E-state index contributed by atoms with van der Waals surface area (Å²) in [7, 11) is 0.818. The van der Waals surface area contributed by atoms with Crippen molar-refractivity contribution in [1.82, 2.24) is 15.2 Å². The Hall–Kier alpha value is -1.96. The van der Waals surface area contributed by atoms with Crippen LogP contribution >= 0.6 is 0 Å². The van der Waals surface area contributed by atoms with Crippen LogP contribution in [0.2, 0.25) is 0 Å². The molecule has 1 aliphatic rings. The number of pyridine rings is 1. The SMILES string of the molecule is CNCCN(C)Cc1ccncc1-c1ccc(NS(=O)(=O)C2CC2)cc1. The van der Waals surface area contributed by atoms with Crippen LogP contribution in [0.25, 0.3) is 11.1 Å². The Morgan fingerprint density at radius 2 is 1.92 bits per heavy atom. The zero-order valence-electron chi connectivity index (χ0n) is 15.3. The van der Waals surface area contributed by atoms with Crippen LogP contribution in [0.1, 0.15) is 18.4 Å². The highest BCUT2D eigenvalue weighted by Gasteiger charge is 2.35. The summed E-state index contributed by atoms with van der Waals surface area (Å²) in [6.45, 7) is 2.72. The van der Waals surface area contributed by atoms with Crippen molar-refractivity contribution in [3.8, 4) is 11.1 Å².